The van der Waals surface area contributed by atoms with E-state index >= 15 is 0 Å². The van der Waals surface area contributed by atoms with Crippen LogP contribution in [0.3, 0.4) is 0 Å². The molecule has 0 bridgehead atoms. The molecule has 1 spiro atoms. The molecule has 0 N–H and O–H groups in total. The molecule has 1 saturated heterocycles. The lowest BCUT2D eigenvalue weighted by Crippen LogP contribution is -2.25. The highest BCUT2D eigenvalue weighted by molar-refractivity contribution is 5.26. The Hall–Kier alpha value is -0.820. The van der Waals surface area contributed by atoms with Crippen LogP contribution in [0, 0.1) is 6.92 Å². The van der Waals surface area contributed by atoms with E-state index in [0.29, 0.717) is 6.10 Å². The molecule has 1 heteroatoms. The molecule has 0 amide bonds. The molecule has 1 aliphatic heterocycles. The second-order valence-electron chi connectivity index (χ2n) is 5.80. The summed E-state index contributed by atoms with van der Waals surface area (Å²) >= 11 is 0. The van der Waals surface area contributed by atoms with Crippen LogP contribution in [-0.2, 0) is 11.2 Å². The van der Waals surface area contributed by atoms with Crippen molar-refractivity contribution >= 4 is 0 Å². The zero-order valence-corrected chi connectivity index (χ0v) is 10.7. The summed E-state index contributed by atoms with van der Waals surface area (Å²) in [7, 11) is 0. The number of benzene rings is 1. The summed E-state index contributed by atoms with van der Waals surface area (Å²) < 4.78 is 6.37. The molecule has 1 aromatic rings. The summed E-state index contributed by atoms with van der Waals surface area (Å²) in [5, 5.41) is 0. The summed E-state index contributed by atoms with van der Waals surface area (Å²) in [6.45, 7) is 2.20. The van der Waals surface area contributed by atoms with Gasteiger partial charge in [-0.2, -0.15) is 0 Å². The molecule has 1 saturated carbocycles. The molecule has 0 aromatic heterocycles. The van der Waals surface area contributed by atoms with Crippen molar-refractivity contribution in [1.82, 2.24) is 0 Å². The first-order chi connectivity index (χ1) is 8.27. The second kappa shape index (κ2) is 4.45. The summed E-state index contributed by atoms with van der Waals surface area (Å²) in [5.74, 6) is 0. The molecule has 17 heavy (non-hydrogen) atoms. The van der Waals surface area contributed by atoms with Crippen LogP contribution in [0.4, 0.5) is 0 Å². The number of rotatable bonds is 2. The molecule has 2 fully saturated rings. The van der Waals surface area contributed by atoms with Crippen LogP contribution in [0.1, 0.15) is 49.7 Å². The Morgan fingerprint density at radius 2 is 1.94 bits per heavy atom. The molecule has 1 unspecified atom stereocenters. The normalized spacial score (nSPS) is 26.8. The molecule has 1 heterocycles. The van der Waals surface area contributed by atoms with Gasteiger partial charge in [-0.3, -0.25) is 0 Å². The van der Waals surface area contributed by atoms with E-state index in [1.165, 1.54) is 49.7 Å². The minimum absolute atomic E-state index is 0.285. The van der Waals surface area contributed by atoms with E-state index in [1.807, 2.05) is 0 Å². The maximum Gasteiger partial charge on any atom is 0.0687 e. The van der Waals surface area contributed by atoms with Gasteiger partial charge in [0.25, 0.3) is 0 Å². The minimum Gasteiger partial charge on any atom is -0.371 e. The van der Waals surface area contributed by atoms with Crippen LogP contribution < -0.4 is 0 Å². The Bertz CT molecular complexity index is 390. The zero-order chi connectivity index (χ0) is 11.7. The largest absolute Gasteiger partial charge is 0.371 e. The Balaban J connectivity index is 1.66. The van der Waals surface area contributed by atoms with Gasteiger partial charge in [0.05, 0.1) is 11.7 Å². The van der Waals surface area contributed by atoms with Crippen LogP contribution in [0.2, 0.25) is 0 Å². The first-order valence-electron chi connectivity index (χ1n) is 7.00. The fraction of sp³-hybridized carbons (Fsp3) is 0.625. The lowest BCUT2D eigenvalue weighted by atomic mass is 9.97. The Kier molecular flexibility index (Phi) is 2.96. The molecule has 2 aliphatic rings. The lowest BCUT2D eigenvalue weighted by molar-refractivity contribution is -0.0355. The summed E-state index contributed by atoms with van der Waals surface area (Å²) in [5.41, 5.74) is 3.16. The number of hydrogen-bond donors (Lipinski definition) is 0. The predicted octanol–water partition coefficient (Wildman–Crippen LogP) is 4.03. The highest BCUT2D eigenvalue weighted by atomic mass is 16.5. The van der Waals surface area contributed by atoms with E-state index in [4.69, 9.17) is 4.74 Å². The molecule has 1 aromatic carbocycles. The Labute approximate surface area is 104 Å². The fourth-order valence-corrected chi connectivity index (χ4v) is 3.51. The standard InChI is InChI=1S/C16H22O/c1-13-6-2-3-7-14(13)12-15-8-11-16(17-15)9-4-5-10-16/h2-3,6-7,15H,4-5,8-12H2,1H3. The molecular formula is C16H22O. The van der Waals surface area contributed by atoms with Crippen molar-refractivity contribution in [1.29, 1.82) is 0 Å². The second-order valence-corrected chi connectivity index (χ2v) is 5.80. The van der Waals surface area contributed by atoms with E-state index in [9.17, 15) is 0 Å². The first kappa shape index (κ1) is 11.3. The topological polar surface area (TPSA) is 9.23 Å². The van der Waals surface area contributed by atoms with Crippen molar-refractivity contribution in [2.75, 3.05) is 0 Å². The van der Waals surface area contributed by atoms with Gasteiger partial charge in [-0.05, 0) is 50.2 Å². The van der Waals surface area contributed by atoms with Gasteiger partial charge in [-0.25, -0.2) is 0 Å². The van der Waals surface area contributed by atoms with Gasteiger partial charge < -0.3 is 4.74 Å². The van der Waals surface area contributed by atoms with Crippen LogP contribution in [0.5, 0.6) is 0 Å². The van der Waals surface area contributed by atoms with E-state index in [0.717, 1.165) is 6.42 Å². The molecule has 1 atom stereocenters. The van der Waals surface area contributed by atoms with Crippen molar-refractivity contribution in [2.45, 2.75) is 63.6 Å². The third-order valence-corrected chi connectivity index (χ3v) is 4.56. The molecular weight excluding hydrogens is 208 g/mol. The SMILES string of the molecule is Cc1ccccc1CC1CCC2(CCCC2)O1. The van der Waals surface area contributed by atoms with Crippen molar-refractivity contribution in [3.8, 4) is 0 Å². The maximum atomic E-state index is 6.37. The van der Waals surface area contributed by atoms with E-state index in [-0.39, 0.29) is 5.60 Å². The van der Waals surface area contributed by atoms with Gasteiger partial charge in [-0.15, -0.1) is 0 Å². The third-order valence-electron chi connectivity index (χ3n) is 4.56. The quantitative estimate of drug-likeness (QED) is 0.745. The maximum absolute atomic E-state index is 6.37. The average Bonchev–Trinajstić information content (AvgIpc) is 2.94. The fourth-order valence-electron chi connectivity index (χ4n) is 3.51. The average molecular weight is 230 g/mol. The van der Waals surface area contributed by atoms with Crippen LogP contribution in [-0.4, -0.2) is 11.7 Å². The lowest BCUT2D eigenvalue weighted by Gasteiger charge is -2.24. The van der Waals surface area contributed by atoms with Crippen molar-refractivity contribution < 1.29 is 4.74 Å². The molecule has 1 nitrogen and oxygen atoms in total. The van der Waals surface area contributed by atoms with Crippen molar-refractivity contribution in [2.24, 2.45) is 0 Å². The first-order valence-corrected chi connectivity index (χ1v) is 7.00. The van der Waals surface area contributed by atoms with Crippen molar-refractivity contribution in [3.63, 3.8) is 0 Å². The van der Waals surface area contributed by atoms with E-state index < -0.39 is 0 Å². The van der Waals surface area contributed by atoms with Gasteiger partial charge in [-0.1, -0.05) is 37.1 Å². The summed E-state index contributed by atoms with van der Waals surface area (Å²) in [6, 6.07) is 8.71. The van der Waals surface area contributed by atoms with Gasteiger partial charge in [0.15, 0.2) is 0 Å². The monoisotopic (exact) mass is 230 g/mol. The summed E-state index contributed by atoms with van der Waals surface area (Å²) in [6.07, 6.45) is 9.48. The Morgan fingerprint density at radius 1 is 1.18 bits per heavy atom. The van der Waals surface area contributed by atoms with Gasteiger partial charge in [0.2, 0.25) is 0 Å². The van der Waals surface area contributed by atoms with Crippen LogP contribution in [0.25, 0.3) is 0 Å². The molecule has 1 aliphatic carbocycles. The summed E-state index contributed by atoms with van der Waals surface area (Å²) in [4.78, 5) is 0. The van der Waals surface area contributed by atoms with Gasteiger partial charge >= 0.3 is 0 Å². The van der Waals surface area contributed by atoms with Gasteiger partial charge in [0.1, 0.15) is 0 Å². The van der Waals surface area contributed by atoms with Crippen LogP contribution >= 0.6 is 0 Å². The molecule has 92 valence electrons. The number of hydrogen-bond acceptors (Lipinski definition) is 1. The predicted molar refractivity (Wildman–Crippen MR) is 70.2 cm³/mol. The highest BCUT2D eigenvalue weighted by Gasteiger charge is 2.41. The number of ether oxygens (including phenoxy) is 1. The molecule has 0 radical (unpaired) electrons. The van der Waals surface area contributed by atoms with E-state index in [2.05, 4.69) is 31.2 Å². The smallest absolute Gasteiger partial charge is 0.0687 e. The highest BCUT2D eigenvalue weighted by Crippen LogP contribution is 2.43. The third kappa shape index (κ3) is 2.26. The Morgan fingerprint density at radius 3 is 2.71 bits per heavy atom. The van der Waals surface area contributed by atoms with E-state index in [1.54, 1.807) is 0 Å². The van der Waals surface area contributed by atoms with Crippen LogP contribution in [0.15, 0.2) is 24.3 Å². The zero-order valence-electron chi connectivity index (χ0n) is 10.7. The minimum atomic E-state index is 0.285. The van der Waals surface area contributed by atoms with Crippen molar-refractivity contribution in [3.05, 3.63) is 35.4 Å². The number of aryl methyl sites for hydroxylation is 1. The molecule has 3 rings (SSSR count). The van der Waals surface area contributed by atoms with Gasteiger partial charge in [0, 0.05) is 0 Å².